The largest absolute Gasteiger partial charge is 0.356 e. The van der Waals surface area contributed by atoms with Gasteiger partial charge in [-0.05, 0) is 30.2 Å². The Bertz CT molecular complexity index is 606. The number of amides is 1. The summed E-state index contributed by atoms with van der Waals surface area (Å²) in [5.74, 6) is 0.00884. The number of rotatable bonds is 6. The van der Waals surface area contributed by atoms with Crippen molar-refractivity contribution in [3.63, 3.8) is 0 Å². The summed E-state index contributed by atoms with van der Waals surface area (Å²) >= 11 is 0. The average Bonchev–Trinajstić information content (AvgIpc) is 2.49. The summed E-state index contributed by atoms with van der Waals surface area (Å²) in [5.41, 5.74) is 3.26. The summed E-state index contributed by atoms with van der Waals surface area (Å²) in [4.78, 5) is 10.8. The molecular weight excluding hydrogens is 260 g/mol. The van der Waals surface area contributed by atoms with Crippen molar-refractivity contribution in [2.75, 3.05) is 11.9 Å². The van der Waals surface area contributed by atoms with Crippen molar-refractivity contribution >= 4 is 23.4 Å². The zero-order chi connectivity index (χ0) is 14.9. The van der Waals surface area contributed by atoms with Crippen molar-refractivity contribution in [3.05, 3.63) is 66.2 Å². The third kappa shape index (κ3) is 5.15. The molecule has 108 valence electrons. The topological polar surface area (TPSA) is 41.1 Å². The Morgan fingerprint density at radius 3 is 2.52 bits per heavy atom. The molecule has 0 bridgehead atoms. The molecule has 2 aromatic carbocycles. The normalized spacial score (nSPS) is 10.5. The molecule has 21 heavy (non-hydrogen) atoms. The molecule has 2 rings (SSSR count). The second kappa shape index (κ2) is 7.90. The molecule has 3 nitrogen and oxygen atoms in total. The van der Waals surface area contributed by atoms with Gasteiger partial charge in [0.25, 0.3) is 0 Å². The Morgan fingerprint density at radius 2 is 1.76 bits per heavy atom. The number of para-hydroxylation sites is 2. The molecule has 0 atom stereocenters. The quantitative estimate of drug-likeness (QED) is 0.786. The smallest absolute Gasteiger partial charge is 0.216 e. The van der Waals surface area contributed by atoms with E-state index in [2.05, 4.69) is 34.9 Å². The summed E-state index contributed by atoms with van der Waals surface area (Å²) < 4.78 is 0. The molecule has 0 aliphatic heterocycles. The number of carbonyl (C=O) groups excluding carboxylic acids is 1. The lowest BCUT2D eigenvalue weighted by Gasteiger charge is -2.09. The predicted octanol–water partition coefficient (Wildman–Crippen LogP) is 3.97. The van der Waals surface area contributed by atoms with Crippen molar-refractivity contribution in [1.29, 1.82) is 0 Å². The van der Waals surface area contributed by atoms with E-state index in [9.17, 15) is 4.79 Å². The second-order valence-electron chi connectivity index (χ2n) is 4.75. The van der Waals surface area contributed by atoms with Gasteiger partial charge in [-0.2, -0.15) is 0 Å². The third-order valence-corrected chi connectivity index (χ3v) is 3.00. The number of anilines is 2. The first-order chi connectivity index (χ1) is 10.3. The van der Waals surface area contributed by atoms with E-state index >= 15 is 0 Å². The Kier molecular flexibility index (Phi) is 5.59. The Hall–Kier alpha value is -2.55. The zero-order valence-electron chi connectivity index (χ0n) is 12.2. The van der Waals surface area contributed by atoms with Crippen LogP contribution in [0, 0.1) is 0 Å². The lowest BCUT2D eigenvalue weighted by Crippen LogP contribution is -2.20. The Balaban J connectivity index is 2.00. The van der Waals surface area contributed by atoms with Gasteiger partial charge in [0, 0.05) is 24.8 Å². The maximum Gasteiger partial charge on any atom is 0.216 e. The van der Waals surface area contributed by atoms with Gasteiger partial charge in [0.15, 0.2) is 0 Å². The van der Waals surface area contributed by atoms with E-state index in [0.29, 0.717) is 6.54 Å². The molecule has 0 saturated carbocycles. The first kappa shape index (κ1) is 14.9. The Morgan fingerprint density at radius 1 is 1.05 bits per heavy atom. The van der Waals surface area contributed by atoms with Crippen LogP contribution in [0.5, 0.6) is 0 Å². The van der Waals surface area contributed by atoms with Crippen LogP contribution in [-0.2, 0) is 4.79 Å². The minimum absolute atomic E-state index is 0.00884. The summed E-state index contributed by atoms with van der Waals surface area (Å²) in [7, 11) is 0. The molecule has 0 aliphatic rings. The predicted molar refractivity (Wildman–Crippen MR) is 88.5 cm³/mol. The highest BCUT2D eigenvalue weighted by molar-refractivity contribution is 5.73. The van der Waals surface area contributed by atoms with Crippen LogP contribution in [0.4, 0.5) is 11.4 Å². The number of nitrogens with one attached hydrogen (secondary N) is 2. The van der Waals surface area contributed by atoms with Crippen molar-refractivity contribution in [2.45, 2.75) is 13.3 Å². The minimum Gasteiger partial charge on any atom is -0.356 e. The molecule has 0 fully saturated rings. The molecule has 0 saturated heterocycles. The molecule has 3 heteroatoms. The third-order valence-electron chi connectivity index (χ3n) is 3.00. The van der Waals surface area contributed by atoms with Crippen LogP contribution in [0.15, 0.2) is 60.7 Å². The van der Waals surface area contributed by atoms with Crippen molar-refractivity contribution in [1.82, 2.24) is 5.32 Å². The summed E-state index contributed by atoms with van der Waals surface area (Å²) in [6, 6.07) is 18.3. The highest BCUT2D eigenvalue weighted by Gasteiger charge is 1.98. The van der Waals surface area contributed by atoms with Crippen LogP contribution in [-0.4, -0.2) is 12.5 Å². The van der Waals surface area contributed by atoms with Gasteiger partial charge in [0.05, 0.1) is 0 Å². The molecular formula is C18H20N2O. The maximum atomic E-state index is 10.8. The molecule has 0 unspecified atom stereocenters. The molecule has 0 radical (unpaired) electrons. The number of hydrogen-bond acceptors (Lipinski definition) is 2. The van der Waals surface area contributed by atoms with Crippen molar-refractivity contribution < 1.29 is 4.79 Å². The van der Waals surface area contributed by atoms with Crippen LogP contribution in [0.2, 0.25) is 0 Å². The van der Waals surface area contributed by atoms with Gasteiger partial charge >= 0.3 is 0 Å². The van der Waals surface area contributed by atoms with E-state index < -0.39 is 0 Å². The van der Waals surface area contributed by atoms with Crippen LogP contribution in [0.1, 0.15) is 18.9 Å². The number of benzene rings is 2. The fraction of sp³-hybridized carbons (Fsp3) is 0.167. The van der Waals surface area contributed by atoms with Gasteiger partial charge < -0.3 is 10.6 Å². The van der Waals surface area contributed by atoms with E-state index in [4.69, 9.17) is 0 Å². The Labute approximate surface area is 125 Å². The first-order valence-corrected chi connectivity index (χ1v) is 7.08. The van der Waals surface area contributed by atoms with E-state index in [1.807, 2.05) is 42.5 Å². The average molecular weight is 280 g/mol. The monoisotopic (exact) mass is 280 g/mol. The summed E-state index contributed by atoms with van der Waals surface area (Å²) in [6.07, 6.45) is 4.97. The summed E-state index contributed by atoms with van der Waals surface area (Å²) in [5, 5.41) is 6.19. The molecule has 0 spiro atoms. The SMILES string of the molecule is CC(=O)NCCC=Cc1ccccc1Nc1ccccc1. The maximum absolute atomic E-state index is 10.8. The van der Waals surface area contributed by atoms with Crippen LogP contribution in [0.3, 0.4) is 0 Å². The van der Waals surface area contributed by atoms with Gasteiger partial charge in [0.1, 0.15) is 0 Å². The van der Waals surface area contributed by atoms with Crippen LogP contribution in [0.25, 0.3) is 6.08 Å². The molecule has 2 aromatic rings. The minimum atomic E-state index is 0.00884. The van der Waals surface area contributed by atoms with Gasteiger partial charge in [0.2, 0.25) is 5.91 Å². The lowest BCUT2D eigenvalue weighted by molar-refractivity contribution is -0.118. The van der Waals surface area contributed by atoms with Crippen LogP contribution >= 0.6 is 0 Å². The fourth-order valence-electron chi connectivity index (χ4n) is 1.98. The molecule has 0 heterocycles. The van der Waals surface area contributed by atoms with Gasteiger partial charge in [-0.25, -0.2) is 0 Å². The first-order valence-electron chi connectivity index (χ1n) is 7.08. The van der Waals surface area contributed by atoms with Crippen molar-refractivity contribution in [2.24, 2.45) is 0 Å². The second-order valence-corrected chi connectivity index (χ2v) is 4.75. The zero-order valence-corrected chi connectivity index (χ0v) is 12.2. The van der Waals surface area contributed by atoms with E-state index in [1.54, 1.807) is 0 Å². The highest BCUT2D eigenvalue weighted by Crippen LogP contribution is 2.21. The highest BCUT2D eigenvalue weighted by atomic mass is 16.1. The van der Waals surface area contributed by atoms with E-state index in [0.717, 1.165) is 23.4 Å². The molecule has 2 N–H and O–H groups in total. The van der Waals surface area contributed by atoms with Crippen LogP contribution < -0.4 is 10.6 Å². The lowest BCUT2D eigenvalue weighted by atomic mass is 10.1. The van der Waals surface area contributed by atoms with Crippen molar-refractivity contribution in [3.8, 4) is 0 Å². The van der Waals surface area contributed by atoms with E-state index in [1.165, 1.54) is 6.92 Å². The van der Waals surface area contributed by atoms with E-state index in [-0.39, 0.29) is 5.91 Å². The van der Waals surface area contributed by atoms with Gasteiger partial charge in [-0.1, -0.05) is 48.6 Å². The molecule has 0 aliphatic carbocycles. The van der Waals surface area contributed by atoms with Gasteiger partial charge in [-0.3, -0.25) is 4.79 Å². The number of hydrogen-bond donors (Lipinski definition) is 2. The molecule has 0 aromatic heterocycles. The fourth-order valence-corrected chi connectivity index (χ4v) is 1.98. The van der Waals surface area contributed by atoms with Gasteiger partial charge in [-0.15, -0.1) is 0 Å². The molecule has 1 amide bonds. The number of carbonyl (C=O) groups is 1. The standard InChI is InChI=1S/C18H20N2O/c1-15(21)19-14-8-7-10-16-9-5-6-13-18(16)20-17-11-3-2-4-12-17/h2-7,9-13,20H,8,14H2,1H3,(H,19,21). The summed E-state index contributed by atoms with van der Waals surface area (Å²) in [6.45, 7) is 2.20.